The van der Waals surface area contributed by atoms with Crippen molar-refractivity contribution in [1.82, 2.24) is 24.8 Å². The standard InChI is InChI=1S/C26H34N6O3/c1-19(17-31-11-9-27-18-31)26-28-8-7-24(30-26)32-10-5-4-6-21(32)14-25(33)29-16-20-12-22(34-2)15-23(13-20)35-3/h7-9,11-13,15,18-19,21H,4-6,10,14,16-17H2,1-3H3,(H,29,33). The van der Waals surface area contributed by atoms with E-state index < -0.39 is 0 Å². The number of nitrogens with one attached hydrogen (secondary N) is 1. The Labute approximate surface area is 206 Å². The third-order valence-electron chi connectivity index (χ3n) is 6.39. The molecule has 1 saturated heterocycles. The van der Waals surface area contributed by atoms with E-state index in [4.69, 9.17) is 14.5 Å². The minimum atomic E-state index is 0.0199. The van der Waals surface area contributed by atoms with Crippen LogP contribution >= 0.6 is 0 Å². The third kappa shape index (κ3) is 6.49. The van der Waals surface area contributed by atoms with E-state index in [0.29, 0.717) is 24.5 Å². The third-order valence-corrected chi connectivity index (χ3v) is 6.39. The molecule has 35 heavy (non-hydrogen) atoms. The van der Waals surface area contributed by atoms with Crippen molar-refractivity contribution in [2.45, 2.75) is 57.7 Å². The van der Waals surface area contributed by atoms with Crippen molar-refractivity contribution in [3.63, 3.8) is 0 Å². The molecule has 0 spiro atoms. The average Bonchev–Trinajstić information content (AvgIpc) is 3.40. The van der Waals surface area contributed by atoms with Crippen LogP contribution in [-0.4, -0.2) is 52.2 Å². The Hall–Kier alpha value is -3.62. The summed E-state index contributed by atoms with van der Waals surface area (Å²) in [7, 11) is 3.23. The molecule has 1 amide bonds. The molecule has 1 aromatic carbocycles. The van der Waals surface area contributed by atoms with Crippen LogP contribution in [0.15, 0.2) is 49.2 Å². The van der Waals surface area contributed by atoms with Crippen molar-refractivity contribution in [2.24, 2.45) is 0 Å². The highest BCUT2D eigenvalue weighted by Gasteiger charge is 2.26. The van der Waals surface area contributed by atoms with E-state index in [9.17, 15) is 4.79 Å². The number of imidazole rings is 1. The summed E-state index contributed by atoms with van der Waals surface area (Å²) in [5, 5.41) is 3.06. The second-order valence-electron chi connectivity index (χ2n) is 8.98. The van der Waals surface area contributed by atoms with Gasteiger partial charge in [-0.2, -0.15) is 0 Å². The molecule has 186 valence electrons. The highest BCUT2D eigenvalue weighted by atomic mass is 16.5. The minimum absolute atomic E-state index is 0.0199. The van der Waals surface area contributed by atoms with Crippen molar-refractivity contribution < 1.29 is 14.3 Å². The van der Waals surface area contributed by atoms with Crippen LogP contribution in [0.5, 0.6) is 11.5 Å². The molecule has 0 saturated carbocycles. The average molecular weight is 479 g/mol. The van der Waals surface area contributed by atoms with Gasteiger partial charge in [0.2, 0.25) is 5.91 Å². The Morgan fingerprint density at radius 3 is 2.69 bits per heavy atom. The van der Waals surface area contributed by atoms with Gasteiger partial charge in [-0.05, 0) is 43.0 Å². The maximum Gasteiger partial charge on any atom is 0.222 e. The normalized spacial score (nSPS) is 16.5. The van der Waals surface area contributed by atoms with E-state index in [1.54, 1.807) is 26.7 Å². The number of nitrogens with zero attached hydrogens (tertiary/aromatic N) is 5. The summed E-state index contributed by atoms with van der Waals surface area (Å²) in [5.41, 5.74) is 0.933. The molecule has 1 fully saturated rings. The van der Waals surface area contributed by atoms with Gasteiger partial charge >= 0.3 is 0 Å². The fourth-order valence-corrected chi connectivity index (χ4v) is 4.52. The lowest BCUT2D eigenvalue weighted by Gasteiger charge is -2.36. The molecule has 1 aliphatic rings. The number of benzene rings is 1. The predicted molar refractivity (Wildman–Crippen MR) is 134 cm³/mol. The Morgan fingerprint density at radius 1 is 1.17 bits per heavy atom. The second kappa shape index (κ2) is 11.7. The quantitative estimate of drug-likeness (QED) is 0.476. The van der Waals surface area contributed by atoms with Crippen molar-refractivity contribution in [3.8, 4) is 11.5 Å². The molecule has 9 nitrogen and oxygen atoms in total. The van der Waals surface area contributed by atoms with Crippen LogP contribution in [0.3, 0.4) is 0 Å². The Kier molecular flexibility index (Phi) is 8.18. The maximum atomic E-state index is 12.9. The summed E-state index contributed by atoms with van der Waals surface area (Å²) in [4.78, 5) is 28.7. The van der Waals surface area contributed by atoms with Gasteiger partial charge in [0.1, 0.15) is 23.1 Å². The SMILES string of the molecule is COc1cc(CNC(=O)CC2CCCCN2c2ccnc(C(C)Cn3ccnc3)n2)cc(OC)c1. The summed E-state index contributed by atoms with van der Waals surface area (Å²) < 4.78 is 12.7. The molecule has 1 N–H and O–H groups in total. The van der Waals surface area contributed by atoms with Gasteiger partial charge in [-0.15, -0.1) is 0 Å². The highest BCUT2D eigenvalue weighted by Crippen LogP contribution is 2.27. The van der Waals surface area contributed by atoms with Gasteiger partial charge in [0.15, 0.2) is 0 Å². The number of hydrogen-bond acceptors (Lipinski definition) is 7. The van der Waals surface area contributed by atoms with Gasteiger partial charge in [-0.3, -0.25) is 4.79 Å². The first-order chi connectivity index (χ1) is 17.1. The van der Waals surface area contributed by atoms with Crippen LogP contribution in [0.2, 0.25) is 0 Å². The Bertz CT molecular complexity index is 1080. The first kappa shape index (κ1) is 24.5. The van der Waals surface area contributed by atoms with Crippen LogP contribution in [0.4, 0.5) is 5.82 Å². The number of hydrogen-bond donors (Lipinski definition) is 1. The zero-order chi connectivity index (χ0) is 24.6. The lowest BCUT2D eigenvalue weighted by atomic mass is 9.99. The van der Waals surface area contributed by atoms with Crippen molar-refractivity contribution in [2.75, 3.05) is 25.7 Å². The van der Waals surface area contributed by atoms with E-state index >= 15 is 0 Å². The zero-order valence-corrected chi connectivity index (χ0v) is 20.7. The van der Waals surface area contributed by atoms with E-state index in [2.05, 4.69) is 27.1 Å². The summed E-state index contributed by atoms with van der Waals surface area (Å²) in [5.74, 6) is 3.27. The van der Waals surface area contributed by atoms with Crippen LogP contribution in [0.1, 0.15) is 49.9 Å². The fraction of sp³-hybridized carbons (Fsp3) is 0.462. The van der Waals surface area contributed by atoms with Crippen molar-refractivity contribution >= 4 is 11.7 Å². The largest absolute Gasteiger partial charge is 0.497 e. The molecule has 9 heteroatoms. The monoisotopic (exact) mass is 478 g/mol. The van der Waals surface area contributed by atoms with Crippen molar-refractivity contribution in [1.29, 1.82) is 0 Å². The molecule has 2 atom stereocenters. The molecule has 0 bridgehead atoms. The molecule has 2 unspecified atom stereocenters. The Balaban J connectivity index is 1.39. The lowest BCUT2D eigenvalue weighted by molar-refractivity contribution is -0.121. The maximum absolute atomic E-state index is 12.9. The molecular weight excluding hydrogens is 444 g/mol. The zero-order valence-electron chi connectivity index (χ0n) is 20.7. The van der Waals surface area contributed by atoms with E-state index in [-0.39, 0.29) is 17.9 Å². The topological polar surface area (TPSA) is 94.4 Å². The van der Waals surface area contributed by atoms with Gasteiger partial charge in [0.05, 0.1) is 20.5 Å². The number of carbonyl (C=O) groups excluding carboxylic acids is 1. The summed E-state index contributed by atoms with van der Waals surface area (Å²) in [6.45, 7) is 4.19. The summed E-state index contributed by atoms with van der Waals surface area (Å²) in [6.07, 6.45) is 10.9. The molecule has 2 aromatic heterocycles. The molecular formula is C26H34N6O3. The molecule has 1 aliphatic heterocycles. The smallest absolute Gasteiger partial charge is 0.222 e. The van der Waals surface area contributed by atoms with Crippen LogP contribution in [0.25, 0.3) is 0 Å². The number of rotatable bonds is 10. The van der Waals surface area contributed by atoms with Gasteiger partial charge in [-0.25, -0.2) is 15.0 Å². The molecule has 3 aromatic rings. The predicted octanol–water partition coefficient (Wildman–Crippen LogP) is 3.56. The number of aromatic nitrogens is 4. The van der Waals surface area contributed by atoms with Gasteiger partial charge in [0.25, 0.3) is 0 Å². The summed E-state index contributed by atoms with van der Waals surface area (Å²) in [6, 6.07) is 7.69. The Morgan fingerprint density at radius 2 is 1.97 bits per heavy atom. The number of methoxy groups -OCH3 is 2. The van der Waals surface area contributed by atoms with Crippen LogP contribution in [-0.2, 0) is 17.9 Å². The molecule has 4 rings (SSSR count). The van der Waals surface area contributed by atoms with Crippen LogP contribution < -0.4 is 19.7 Å². The lowest BCUT2D eigenvalue weighted by Crippen LogP contribution is -2.43. The van der Waals surface area contributed by atoms with E-state index in [0.717, 1.165) is 49.6 Å². The molecule has 3 heterocycles. The first-order valence-corrected chi connectivity index (χ1v) is 12.1. The second-order valence-corrected chi connectivity index (χ2v) is 8.98. The van der Waals surface area contributed by atoms with Crippen molar-refractivity contribution in [3.05, 3.63) is 60.6 Å². The van der Waals surface area contributed by atoms with Gasteiger partial charge in [-0.1, -0.05) is 6.92 Å². The summed E-state index contributed by atoms with van der Waals surface area (Å²) >= 11 is 0. The van der Waals surface area contributed by atoms with E-state index in [1.807, 2.05) is 41.2 Å². The number of ether oxygens (including phenoxy) is 2. The first-order valence-electron chi connectivity index (χ1n) is 12.1. The van der Waals surface area contributed by atoms with E-state index in [1.165, 1.54) is 0 Å². The van der Waals surface area contributed by atoms with Gasteiger partial charge in [0, 0.05) is 62.7 Å². The van der Waals surface area contributed by atoms with Gasteiger partial charge < -0.3 is 24.3 Å². The van der Waals surface area contributed by atoms with Crippen LogP contribution in [0, 0.1) is 0 Å². The highest BCUT2D eigenvalue weighted by molar-refractivity contribution is 5.77. The minimum Gasteiger partial charge on any atom is -0.497 e. The number of anilines is 1. The molecule has 0 aliphatic carbocycles. The fourth-order valence-electron chi connectivity index (χ4n) is 4.52. The number of piperidine rings is 1. The molecule has 0 radical (unpaired) electrons. The number of carbonyl (C=O) groups is 1. The number of amides is 1.